The molecule has 28 heavy (non-hydrogen) atoms. The molecule has 3 rings (SSSR count). The number of aryl methyl sites for hydroxylation is 1. The molecule has 0 atom stereocenters. The Morgan fingerprint density at radius 3 is 2.18 bits per heavy atom. The third-order valence-electron chi connectivity index (χ3n) is 4.02. The lowest BCUT2D eigenvalue weighted by molar-refractivity contribution is 0.102. The molecule has 0 fully saturated rings. The molecule has 1 amide bonds. The second-order valence-electron chi connectivity index (χ2n) is 6.69. The number of hydrogen-bond acceptors (Lipinski definition) is 4. The van der Waals surface area contributed by atoms with Crippen LogP contribution in [0.25, 0.3) is 5.69 Å². The lowest BCUT2D eigenvalue weighted by atomic mass is 10.2. The summed E-state index contributed by atoms with van der Waals surface area (Å²) in [6.45, 7) is 5.46. The van der Waals surface area contributed by atoms with Crippen LogP contribution in [0.3, 0.4) is 0 Å². The highest BCUT2D eigenvalue weighted by molar-refractivity contribution is 7.89. The van der Waals surface area contributed by atoms with Crippen LogP contribution in [0.2, 0.25) is 0 Å². The molecule has 7 nitrogen and oxygen atoms in total. The molecule has 0 aliphatic rings. The summed E-state index contributed by atoms with van der Waals surface area (Å²) in [6.07, 6.45) is 1.72. The summed E-state index contributed by atoms with van der Waals surface area (Å²) >= 11 is 0. The van der Waals surface area contributed by atoms with Gasteiger partial charge in [-0.3, -0.25) is 4.79 Å². The number of nitrogens with one attached hydrogen (secondary N) is 2. The molecule has 0 aliphatic carbocycles. The smallest absolute Gasteiger partial charge is 0.255 e. The Bertz CT molecular complexity index is 1070. The van der Waals surface area contributed by atoms with E-state index in [4.69, 9.17) is 0 Å². The van der Waals surface area contributed by atoms with Crippen molar-refractivity contribution >= 4 is 21.6 Å². The SMILES string of the molecule is Cc1ccnn1-c1ccc(C(=O)Nc2ccc(S(=O)(=O)NC(C)C)cc2)cc1. The van der Waals surface area contributed by atoms with Crippen molar-refractivity contribution in [3.8, 4) is 5.69 Å². The zero-order valence-corrected chi connectivity index (χ0v) is 16.7. The Morgan fingerprint density at radius 1 is 1.00 bits per heavy atom. The first-order valence-corrected chi connectivity index (χ1v) is 10.3. The minimum absolute atomic E-state index is 0.151. The fourth-order valence-corrected chi connectivity index (χ4v) is 3.94. The third-order valence-corrected chi connectivity index (χ3v) is 5.69. The van der Waals surface area contributed by atoms with Crippen molar-refractivity contribution in [1.82, 2.24) is 14.5 Å². The highest BCUT2D eigenvalue weighted by atomic mass is 32.2. The quantitative estimate of drug-likeness (QED) is 0.667. The van der Waals surface area contributed by atoms with Crippen molar-refractivity contribution in [3.63, 3.8) is 0 Å². The first-order valence-electron chi connectivity index (χ1n) is 8.81. The van der Waals surface area contributed by atoms with Gasteiger partial charge >= 0.3 is 0 Å². The zero-order chi connectivity index (χ0) is 20.3. The molecule has 3 aromatic rings. The number of anilines is 1. The molecule has 0 saturated carbocycles. The summed E-state index contributed by atoms with van der Waals surface area (Å²) in [6, 6.07) is 14.8. The molecule has 0 bridgehead atoms. The van der Waals surface area contributed by atoms with Crippen molar-refractivity contribution in [1.29, 1.82) is 0 Å². The van der Waals surface area contributed by atoms with Gasteiger partial charge in [0.05, 0.1) is 10.6 Å². The van der Waals surface area contributed by atoms with Gasteiger partial charge in [0.1, 0.15) is 0 Å². The monoisotopic (exact) mass is 398 g/mol. The van der Waals surface area contributed by atoms with Gasteiger partial charge in [-0.1, -0.05) is 0 Å². The fourth-order valence-electron chi connectivity index (χ4n) is 2.69. The van der Waals surface area contributed by atoms with Crippen LogP contribution >= 0.6 is 0 Å². The van der Waals surface area contributed by atoms with E-state index in [0.717, 1.165) is 11.4 Å². The second kappa shape index (κ2) is 7.95. The van der Waals surface area contributed by atoms with Crippen molar-refractivity contribution < 1.29 is 13.2 Å². The van der Waals surface area contributed by atoms with E-state index in [-0.39, 0.29) is 16.8 Å². The van der Waals surface area contributed by atoms with Gasteiger partial charge in [-0.2, -0.15) is 5.10 Å². The summed E-state index contributed by atoms with van der Waals surface area (Å²) in [5.41, 5.74) is 2.87. The van der Waals surface area contributed by atoms with Crippen LogP contribution in [0.4, 0.5) is 5.69 Å². The van der Waals surface area contributed by atoms with E-state index in [9.17, 15) is 13.2 Å². The molecule has 146 valence electrons. The van der Waals surface area contributed by atoms with Crippen LogP contribution in [0.5, 0.6) is 0 Å². The van der Waals surface area contributed by atoms with E-state index >= 15 is 0 Å². The highest BCUT2D eigenvalue weighted by Gasteiger charge is 2.15. The van der Waals surface area contributed by atoms with Gasteiger partial charge in [-0.05, 0) is 75.4 Å². The van der Waals surface area contributed by atoms with Crippen LogP contribution < -0.4 is 10.0 Å². The standard InChI is InChI=1S/C20H22N4O3S/c1-14(2)23-28(26,27)19-10-6-17(7-11-19)22-20(25)16-4-8-18(9-5-16)24-15(3)12-13-21-24/h4-14,23H,1-3H3,(H,22,25). The molecule has 0 saturated heterocycles. The summed E-state index contributed by atoms with van der Waals surface area (Å²) in [5, 5.41) is 7.00. The lowest BCUT2D eigenvalue weighted by Crippen LogP contribution is -2.30. The predicted molar refractivity (Wildman–Crippen MR) is 108 cm³/mol. The Morgan fingerprint density at radius 2 is 1.64 bits per heavy atom. The van der Waals surface area contributed by atoms with Gasteiger partial charge in [0.2, 0.25) is 10.0 Å². The number of hydrogen-bond donors (Lipinski definition) is 2. The molecule has 2 N–H and O–H groups in total. The summed E-state index contributed by atoms with van der Waals surface area (Å²) in [7, 11) is -3.56. The first-order chi connectivity index (χ1) is 13.3. The van der Waals surface area contributed by atoms with Crippen LogP contribution in [-0.2, 0) is 10.0 Å². The number of aromatic nitrogens is 2. The molecular weight excluding hydrogens is 376 g/mol. The number of benzene rings is 2. The minimum Gasteiger partial charge on any atom is -0.322 e. The van der Waals surface area contributed by atoms with Crippen molar-refractivity contribution in [2.45, 2.75) is 31.7 Å². The van der Waals surface area contributed by atoms with Crippen LogP contribution in [0, 0.1) is 6.92 Å². The topological polar surface area (TPSA) is 93.1 Å². The van der Waals surface area contributed by atoms with Gasteiger partial charge in [-0.15, -0.1) is 0 Å². The van der Waals surface area contributed by atoms with Gasteiger partial charge in [0.25, 0.3) is 5.91 Å². The lowest BCUT2D eigenvalue weighted by Gasteiger charge is -2.11. The van der Waals surface area contributed by atoms with Crippen LogP contribution in [0.15, 0.2) is 65.7 Å². The molecule has 0 spiro atoms. The molecule has 0 radical (unpaired) electrons. The highest BCUT2D eigenvalue weighted by Crippen LogP contribution is 2.16. The Hall–Kier alpha value is -2.97. The second-order valence-corrected chi connectivity index (χ2v) is 8.40. The third kappa shape index (κ3) is 4.47. The van der Waals surface area contributed by atoms with Crippen molar-refractivity contribution in [2.75, 3.05) is 5.32 Å². The zero-order valence-electron chi connectivity index (χ0n) is 15.9. The number of nitrogens with zero attached hydrogens (tertiary/aromatic N) is 2. The number of carbonyl (C=O) groups excluding carboxylic acids is 1. The normalized spacial score (nSPS) is 11.6. The Labute approximate surface area is 164 Å². The predicted octanol–water partition coefficient (Wildman–Crippen LogP) is 3.12. The molecule has 0 unspecified atom stereocenters. The van der Waals surface area contributed by atoms with Crippen molar-refractivity contribution in [2.24, 2.45) is 0 Å². The maximum Gasteiger partial charge on any atom is 0.255 e. The summed E-state index contributed by atoms with van der Waals surface area (Å²) < 4.78 is 28.6. The minimum atomic E-state index is -3.56. The number of carbonyl (C=O) groups is 1. The first kappa shape index (κ1) is 19.8. The maximum absolute atomic E-state index is 12.4. The van der Waals surface area contributed by atoms with Crippen molar-refractivity contribution in [3.05, 3.63) is 72.1 Å². The van der Waals surface area contributed by atoms with E-state index in [0.29, 0.717) is 11.3 Å². The van der Waals surface area contributed by atoms with E-state index in [1.807, 2.05) is 25.1 Å². The number of rotatable bonds is 6. The molecule has 1 aromatic heterocycles. The molecule has 0 aliphatic heterocycles. The largest absolute Gasteiger partial charge is 0.322 e. The average molecular weight is 398 g/mol. The Balaban J connectivity index is 1.70. The molecule has 8 heteroatoms. The van der Waals surface area contributed by atoms with Gasteiger partial charge in [0, 0.05) is 29.2 Å². The van der Waals surface area contributed by atoms with Crippen LogP contribution in [0.1, 0.15) is 29.9 Å². The average Bonchev–Trinajstić information content (AvgIpc) is 3.07. The van der Waals surface area contributed by atoms with Gasteiger partial charge in [0.15, 0.2) is 0 Å². The molecule has 1 heterocycles. The van der Waals surface area contributed by atoms with E-state index in [1.165, 1.54) is 12.1 Å². The van der Waals surface area contributed by atoms with Crippen LogP contribution in [-0.4, -0.2) is 30.1 Å². The van der Waals surface area contributed by atoms with Gasteiger partial charge < -0.3 is 5.32 Å². The van der Waals surface area contributed by atoms with E-state index in [2.05, 4.69) is 15.1 Å². The summed E-state index contributed by atoms with van der Waals surface area (Å²) in [4.78, 5) is 12.6. The van der Waals surface area contributed by atoms with Gasteiger partial charge in [-0.25, -0.2) is 17.8 Å². The number of amides is 1. The van der Waals surface area contributed by atoms with E-state index in [1.54, 1.807) is 49.0 Å². The summed E-state index contributed by atoms with van der Waals surface area (Å²) in [5.74, 6) is -0.278. The Kier molecular flexibility index (Phi) is 5.62. The molecule has 2 aromatic carbocycles. The molecular formula is C20H22N4O3S. The number of sulfonamides is 1. The maximum atomic E-state index is 12.4. The fraction of sp³-hybridized carbons (Fsp3) is 0.200. The van der Waals surface area contributed by atoms with E-state index < -0.39 is 10.0 Å².